The second kappa shape index (κ2) is 9.16. The van der Waals surface area contributed by atoms with E-state index in [4.69, 9.17) is 5.26 Å². The summed E-state index contributed by atoms with van der Waals surface area (Å²) in [6.45, 7) is 2.42. The fourth-order valence-electron chi connectivity index (χ4n) is 3.96. The van der Waals surface area contributed by atoms with Gasteiger partial charge in [0.2, 0.25) is 0 Å². The zero-order chi connectivity index (χ0) is 23.6. The third kappa shape index (κ3) is 4.96. The number of carbonyl (C=O) groups excluding carboxylic acids is 1. The Morgan fingerprint density at radius 3 is 2.79 bits per heavy atom. The van der Waals surface area contributed by atoms with Gasteiger partial charge in [0.15, 0.2) is 0 Å². The van der Waals surface area contributed by atoms with Crippen molar-refractivity contribution in [3.63, 3.8) is 0 Å². The van der Waals surface area contributed by atoms with E-state index in [2.05, 4.69) is 26.7 Å². The van der Waals surface area contributed by atoms with Gasteiger partial charge in [-0.05, 0) is 38.8 Å². The highest BCUT2D eigenvalue weighted by Crippen LogP contribution is 2.27. The molecule has 0 aliphatic heterocycles. The first-order chi connectivity index (χ1) is 15.8. The Hall–Kier alpha value is -3.51. The van der Waals surface area contributed by atoms with E-state index in [1.54, 1.807) is 16.7 Å². The zero-order valence-electron chi connectivity index (χ0n) is 18.7. The summed E-state index contributed by atoms with van der Waals surface area (Å²) < 4.78 is 15.9. The van der Waals surface area contributed by atoms with Crippen LogP contribution in [0.2, 0.25) is 0 Å². The highest BCUT2D eigenvalue weighted by Gasteiger charge is 2.27. The Balaban J connectivity index is 1.65. The monoisotopic (exact) mass is 450 g/mol. The summed E-state index contributed by atoms with van der Waals surface area (Å²) in [5.41, 5.74) is 0.495. The molecule has 0 radical (unpaired) electrons. The number of hydrogen-bond acceptors (Lipinski definition) is 6. The van der Waals surface area contributed by atoms with Gasteiger partial charge in [-0.2, -0.15) is 5.26 Å². The van der Waals surface area contributed by atoms with Crippen molar-refractivity contribution in [2.45, 2.75) is 57.3 Å². The molecule has 8 nitrogen and oxygen atoms in total. The van der Waals surface area contributed by atoms with Crippen LogP contribution in [0.25, 0.3) is 16.9 Å². The largest absolute Gasteiger partial charge is 0.387 e. The smallest absolute Gasteiger partial charge is 0.255 e. The van der Waals surface area contributed by atoms with Crippen LogP contribution in [0.5, 0.6) is 0 Å². The van der Waals surface area contributed by atoms with Crippen molar-refractivity contribution in [1.82, 2.24) is 19.9 Å². The van der Waals surface area contributed by atoms with E-state index in [1.807, 2.05) is 12.3 Å². The van der Waals surface area contributed by atoms with Gasteiger partial charge in [-0.1, -0.05) is 12.8 Å². The van der Waals surface area contributed by atoms with Crippen LogP contribution in [-0.2, 0) is 0 Å². The van der Waals surface area contributed by atoms with Crippen molar-refractivity contribution < 1.29 is 14.3 Å². The second-order valence-electron chi connectivity index (χ2n) is 8.98. The van der Waals surface area contributed by atoms with Crippen LogP contribution in [0.1, 0.15) is 55.5 Å². The summed E-state index contributed by atoms with van der Waals surface area (Å²) >= 11 is 0. The van der Waals surface area contributed by atoms with Crippen LogP contribution in [0.4, 0.5) is 10.1 Å². The Bertz CT molecular complexity index is 1200. The summed E-state index contributed by atoms with van der Waals surface area (Å²) in [4.78, 5) is 21.7. The number of nitrogens with one attached hydrogen (secondary N) is 2. The van der Waals surface area contributed by atoms with Gasteiger partial charge in [0.05, 0.1) is 29.0 Å². The molecule has 1 saturated carbocycles. The van der Waals surface area contributed by atoms with E-state index in [0.717, 1.165) is 31.1 Å². The van der Waals surface area contributed by atoms with Crippen LogP contribution in [0, 0.1) is 11.3 Å². The minimum absolute atomic E-state index is 0.245. The lowest BCUT2D eigenvalue weighted by atomic mass is 10.0. The molecular weight excluding hydrogens is 423 g/mol. The molecule has 0 saturated heterocycles. The van der Waals surface area contributed by atoms with Gasteiger partial charge in [-0.15, -0.1) is 0 Å². The second-order valence-corrected chi connectivity index (χ2v) is 8.98. The van der Waals surface area contributed by atoms with Crippen molar-refractivity contribution in [3.8, 4) is 11.9 Å². The van der Waals surface area contributed by atoms with Crippen molar-refractivity contribution >= 4 is 22.6 Å². The third-order valence-electron chi connectivity index (χ3n) is 5.96. The summed E-state index contributed by atoms with van der Waals surface area (Å²) in [6, 6.07) is 7.73. The van der Waals surface area contributed by atoms with Crippen molar-refractivity contribution in [3.05, 3.63) is 47.9 Å². The number of alkyl halides is 1. The number of rotatable bonds is 7. The van der Waals surface area contributed by atoms with Crippen LogP contribution < -0.4 is 10.6 Å². The molecule has 3 aromatic heterocycles. The zero-order valence-corrected chi connectivity index (χ0v) is 18.7. The van der Waals surface area contributed by atoms with E-state index in [1.165, 1.54) is 26.2 Å². The van der Waals surface area contributed by atoms with E-state index < -0.39 is 17.7 Å². The fraction of sp³-hybridized carbons (Fsp3) is 0.417. The molecule has 4 rings (SSSR count). The van der Waals surface area contributed by atoms with E-state index in [-0.39, 0.29) is 12.6 Å². The molecule has 1 amide bonds. The molecule has 1 aliphatic carbocycles. The molecule has 1 fully saturated rings. The molecule has 3 aromatic rings. The van der Waals surface area contributed by atoms with Gasteiger partial charge in [-0.25, -0.2) is 14.4 Å². The van der Waals surface area contributed by atoms with Gasteiger partial charge < -0.3 is 15.7 Å². The maximum Gasteiger partial charge on any atom is 0.255 e. The van der Waals surface area contributed by atoms with Crippen molar-refractivity contribution in [1.29, 1.82) is 5.26 Å². The predicted molar refractivity (Wildman–Crippen MR) is 123 cm³/mol. The number of anilines is 1. The standard InChI is InChI=1S/C24H27FN6O2/c1-24(2,33)20(25)14-29-23(32)18-13-27-21(10-19(18)30-17-5-3-4-6-17)31-8-7-16-9-15(11-26)12-28-22(16)31/h7-10,12-13,17,20,33H,3-6,14H2,1-2H3,(H,27,30)(H,29,32)/t20-/m1/s1. The molecule has 0 bridgehead atoms. The Labute approximate surface area is 191 Å². The van der Waals surface area contributed by atoms with Crippen molar-refractivity contribution in [2.24, 2.45) is 0 Å². The molecule has 172 valence electrons. The van der Waals surface area contributed by atoms with Crippen molar-refractivity contribution in [2.75, 3.05) is 11.9 Å². The lowest BCUT2D eigenvalue weighted by Gasteiger charge is -2.23. The summed E-state index contributed by atoms with van der Waals surface area (Å²) in [5.74, 6) is 0.106. The first kappa shape index (κ1) is 22.7. The molecule has 3 heterocycles. The topological polar surface area (TPSA) is 116 Å². The van der Waals surface area contributed by atoms with Crippen LogP contribution >= 0.6 is 0 Å². The number of nitrogens with zero attached hydrogens (tertiary/aromatic N) is 4. The number of fused-ring (bicyclic) bond motifs is 1. The number of hydrogen-bond donors (Lipinski definition) is 3. The molecule has 0 spiro atoms. The van der Waals surface area contributed by atoms with Gasteiger partial charge >= 0.3 is 0 Å². The average Bonchev–Trinajstić information content (AvgIpc) is 3.45. The summed E-state index contributed by atoms with van der Waals surface area (Å²) in [7, 11) is 0. The lowest BCUT2D eigenvalue weighted by molar-refractivity contribution is -0.00177. The summed E-state index contributed by atoms with van der Waals surface area (Å²) in [5, 5.41) is 25.7. The van der Waals surface area contributed by atoms with Crippen LogP contribution in [-0.4, -0.2) is 49.9 Å². The SMILES string of the molecule is CC(C)(O)[C@H](F)CNC(=O)c1cnc(-n2ccc3cc(C#N)cnc32)cc1NC1CCCC1. The normalized spacial score (nSPS) is 15.4. The quantitative estimate of drug-likeness (QED) is 0.508. The molecule has 0 unspecified atom stereocenters. The third-order valence-corrected chi connectivity index (χ3v) is 5.96. The van der Waals surface area contributed by atoms with E-state index in [9.17, 15) is 14.3 Å². The molecule has 0 aromatic carbocycles. The highest BCUT2D eigenvalue weighted by molar-refractivity contribution is 5.99. The lowest BCUT2D eigenvalue weighted by Crippen LogP contribution is -2.42. The number of carbonyl (C=O) groups is 1. The molecular formula is C24H27FN6O2. The molecule has 1 aliphatic rings. The Morgan fingerprint density at radius 1 is 1.33 bits per heavy atom. The number of aliphatic hydroxyl groups is 1. The van der Waals surface area contributed by atoms with E-state index in [0.29, 0.717) is 28.3 Å². The molecule has 1 atom stereocenters. The molecule has 33 heavy (non-hydrogen) atoms. The number of nitriles is 1. The van der Waals surface area contributed by atoms with Crippen LogP contribution in [0.15, 0.2) is 36.8 Å². The van der Waals surface area contributed by atoms with Gasteiger partial charge in [0, 0.05) is 36.1 Å². The Kier molecular flexibility index (Phi) is 6.29. The first-order valence-electron chi connectivity index (χ1n) is 11.0. The van der Waals surface area contributed by atoms with Gasteiger partial charge in [0.25, 0.3) is 5.91 Å². The first-order valence-corrected chi connectivity index (χ1v) is 11.0. The summed E-state index contributed by atoms with van der Waals surface area (Å²) in [6.07, 6.45) is 7.46. The van der Waals surface area contributed by atoms with Crippen LogP contribution in [0.3, 0.4) is 0 Å². The number of aromatic nitrogens is 3. The maximum absolute atomic E-state index is 14.1. The Morgan fingerprint density at radius 2 is 2.09 bits per heavy atom. The predicted octanol–water partition coefficient (Wildman–Crippen LogP) is 3.49. The fourth-order valence-corrected chi connectivity index (χ4v) is 3.96. The molecule has 3 N–H and O–H groups in total. The number of pyridine rings is 2. The highest BCUT2D eigenvalue weighted by atomic mass is 19.1. The number of halogens is 1. The minimum atomic E-state index is -1.60. The number of amides is 1. The van der Waals surface area contributed by atoms with Gasteiger partial charge in [-0.3, -0.25) is 9.36 Å². The average molecular weight is 451 g/mol. The molecule has 9 heteroatoms. The van der Waals surface area contributed by atoms with E-state index >= 15 is 0 Å². The maximum atomic E-state index is 14.1. The van der Waals surface area contributed by atoms with Gasteiger partial charge in [0.1, 0.15) is 23.7 Å². The minimum Gasteiger partial charge on any atom is -0.387 e.